The quantitative estimate of drug-likeness (QED) is 0.696. The third-order valence-electron chi connectivity index (χ3n) is 3.53. The highest BCUT2D eigenvalue weighted by Crippen LogP contribution is 2.31. The molecule has 1 amide bonds. The third kappa shape index (κ3) is 3.69. The van der Waals surface area contributed by atoms with Crippen LogP contribution < -0.4 is 5.32 Å². The smallest absolute Gasteiger partial charge is 0.322 e. The van der Waals surface area contributed by atoms with E-state index in [4.69, 9.17) is 0 Å². The summed E-state index contributed by atoms with van der Waals surface area (Å²) in [5.41, 5.74) is -0.871. The number of hydrogen-bond acceptors (Lipinski definition) is 3. The fraction of sp³-hybridized carbons (Fsp3) is 0.0556. The van der Waals surface area contributed by atoms with E-state index in [1.165, 1.54) is 36.5 Å². The fourth-order valence-electron chi connectivity index (χ4n) is 2.34. The summed E-state index contributed by atoms with van der Waals surface area (Å²) in [5, 5.41) is 2.36. The van der Waals surface area contributed by atoms with Crippen LogP contribution >= 0.6 is 0 Å². The fourth-order valence-corrected chi connectivity index (χ4v) is 2.34. The van der Waals surface area contributed by atoms with Crippen LogP contribution in [0.15, 0.2) is 61.1 Å². The molecule has 0 bridgehead atoms. The molecule has 132 valence electrons. The number of hydrogen-bond donors (Lipinski definition) is 1. The normalized spacial score (nSPS) is 11.2. The first-order valence-electron chi connectivity index (χ1n) is 7.40. The number of benzene rings is 2. The molecule has 0 saturated carbocycles. The zero-order chi connectivity index (χ0) is 18.7. The molecule has 3 aromatic rings. The molecule has 0 spiro atoms. The zero-order valence-electron chi connectivity index (χ0n) is 13.1. The summed E-state index contributed by atoms with van der Waals surface area (Å²) in [6.45, 7) is 0. The van der Waals surface area contributed by atoms with Gasteiger partial charge in [-0.2, -0.15) is 13.2 Å². The van der Waals surface area contributed by atoms with Gasteiger partial charge in [-0.05, 0) is 30.3 Å². The summed E-state index contributed by atoms with van der Waals surface area (Å²) < 4.78 is 52.4. The largest absolute Gasteiger partial charge is 0.416 e. The predicted octanol–water partition coefficient (Wildman–Crippen LogP) is 4.55. The maximum absolute atomic E-state index is 14.0. The molecule has 4 nitrogen and oxygen atoms in total. The Kier molecular flexibility index (Phi) is 4.66. The maximum Gasteiger partial charge on any atom is 0.416 e. The molecule has 1 heterocycles. The third-order valence-corrected chi connectivity index (χ3v) is 3.53. The van der Waals surface area contributed by atoms with Crippen LogP contribution in [0.5, 0.6) is 0 Å². The lowest BCUT2D eigenvalue weighted by Crippen LogP contribution is -2.15. The van der Waals surface area contributed by atoms with Gasteiger partial charge in [0.25, 0.3) is 5.91 Å². The average molecular weight is 361 g/mol. The van der Waals surface area contributed by atoms with Crippen molar-refractivity contribution in [3.05, 3.63) is 78.0 Å². The van der Waals surface area contributed by atoms with E-state index < -0.39 is 23.5 Å². The van der Waals surface area contributed by atoms with E-state index in [1.54, 1.807) is 6.07 Å². The van der Waals surface area contributed by atoms with Crippen molar-refractivity contribution in [3.63, 3.8) is 0 Å². The van der Waals surface area contributed by atoms with Gasteiger partial charge in [0.2, 0.25) is 0 Å². The molecule has 0 radical (unpaired) electrons. The minimum absolute atomic E-state index is 0.0441. The Labute approximate surface area is 145 Å². The van der Waals surface area contributed by atoms with E-state index in [0.29, 0.717) is 0 Å². The van der Waals surface area contributed by atoms with E-state index >= 15 is 0 Å². The van der Waals surface area contributed by atoms with Crippen molar-refractivity contribution in [2.45, 2.75) is 6.18 Å². The molecule has 0 fully saturated rings. The van der Waals surface area contributed by atoms with Gasteiger partial charge in [-0.3, -0.25) is 4.79 Å². The molecule has 0 saturated heterocycles. The van der Waals surface area contributed by atoms with Crippen LogP contribution in [-0.2, 0) is 6.18 Å². The minimum atomic E-state index is -4.53. The van der Waals surface area contributed by atoms with Crippen LogP contribution in [0.2, 0.25) is 0 Å². The number of halogens is 4. The number of nitrogens with zero attached hydrogens (tertiary/aromatic N) is 2. The van der Waals surface area contributed by atoms with E-state index in [0.717, 1.165) is 18.5 Å². The highest BCUT2D eigenvalue weighted by Gasteiger charge is 2.30. The van der Waals surface area contributed by atoms with Gasteiger partial charge in [-0.15, -0.1) is 0 Å². The molecule has 0 unspecified atom stereocenters. The Balaban J connectivity index is 1.94. The van der Waals surface area contributed by atoms with Crippen molar-refractivity contribution in [2.24, 2.45) is 0 Å². The Morgan fingerprint density at radius 2 is 1.81 bits per heavy atom. The molecular weight excluding hydrogens is 350 g/mol. The van der Waals surface area contributed by atoms with Crippen molar-refractivity contribution in [1.82, 2.24) is 9.97 Å². The van der Waals surface area contributed by atoms with E-state index in [1.807, 2.05) is 0 Å². The molecular formula is C18H11F4N3O. The molecule has 0 atom stereocenters. The topological polar surface area (TPSA) is 54.9 Å². The van der Waals surface area contributed by atoms with Gasteiger partial charge in [-0.25, -0.2) is 14.4 Å². The highest BCUT2D eigenvalue weighted by molar-refractivity contribution is 6.07. The first-order chi connectivity index (χ1) is 12.4. The molecule has 0 aliphatic heterocycles. The molecule has 8 heteroatoms. The highest BCUT2D eigenvalue weighted by atomic mass is 19.4. The Morgan fingerprint density at radius 1 is 1.04 bits per heavy atom. The second-order valence-corrected chi connectivity index (χ2v) is 5.30. The molecule has 0 aliphatic carbocycles. The molecule has 0 aliphatic rings. The van der Waals surface area contributed by atoms with Gasteiger partial charge < -0.3 is 5.32 Å². The van der Waals surface area contributed by atoms with Crippen molar-refractivity contribution in [2.75, 3.05) is 5.32 Å². The van der Waals surface area contributed by atoms with Gasteiger partial charge in [0, 0.05) is 17.4 Å². The monoisotopic (exact) mass is 361 g/mol. The van der Waals surface area contributed by atoms with Gasteiger partial charge in [0.15, 0.2) is 0 Å². The predicted molar refractivity (Wildman–Crippen MR) is 86.8 cm³/mol. The summed E-state index contributed by atoms with van der Waals surface area (Å²) in [6.07, 6.45) is -2.20. The summed E-state index contributed by atoms with van der Waals surface area (Å²) in [5.74, 6) is -1.33. The number of carbonyl (C=O) groups is 1. The Bertz CT molecular complexity index is 957. The van der Waals surface area contributed by atoms with E-state index in [2.05, 4.69) is 15.3 Å². The number of anilines is 1. The number of rotatable bonds is 3. The first-order valence-corrected chi connectivity index (χ1v) is 7.40. The zero-order valence-corrected chi connectivity index (χ0v) is 13.1. The first kappa shape index (κ1) is 17.5. The second kappa shape index (κ2) is 6.91. The van der Waals surface area contributed by atoms with Crippen LogP contribution in [0, 0.1) is 5.82 Å². The van der Waals surface area contributed by atoms with Crippen molar-refractivity contribution >= 4 is 11.6 Å². The van der Waals surface area contributed by atoms with Crippen LogP contribution in [0.1, 0.15) is 15.9 Å². The van der Waals surface area contributed by atoms with Gasteiger partial charge in [0.1, 0.15) is 12.1 Å². The van der Waals surface area contributed by atoms with E-state index in [9.17, 15) is 22.4 Å². The van der Waals surface area contributed by atoms with Gasteiger partial charge >= 0.3 is 6.18 Å². The average Bonchev–Trinajstić information content (AvgIpc) is 2.62. The van der Waals surface area contributed by atoms with Crippen molar-refractivity contribution < 1.29 is 22.4 Å². The number of alkyl halides is 3. The summed E-state index contributed by atoms with van der Waals surface area (Å²) in [6, 6.07) is 9.93. The number of nitrogens with one attached hydrogen (secondary N) is 1. The maximum atomic E-state index is 14.0. The second-order valence-electron chi connectivity index (χ2n) is 5.30. The van der Waals surface area contributed by atoms with Crippen LogP contribution in [0.4, 0.5) is 23.2 Å². The summed E-state index contributed by atoms with van der Waals surface area (Å²) in [4.78, 5) is 20.2. The van der Waals surface area contributed by atoms with Crippen LogP contribution in [-0.4, -0.2) is 15.9 Å². The van der Waals surface area contributed by atoms with Crippen molar-refractivity contribution in [3.8, 4) is 11.3 Å². The lowest BCUT2D eigenvalue weighted by atomic mass is 10.1. The molecule has 1 aromatic heterocycles. The van der Waals surface area contributed by atoms with E-state index in [-0.39, 0.29) is 22.5 Å². The standard InChI is InChI=1S/C18H11F4N3O/c19-15-7-2-1-6-13(15)16-14(9-23-10-24-16)17(26)25-12-5-3-4-11(8-12)18(20,21)22/h1-10H,(H,25,26). The Morgan fingerprint density at radius 3 is 2.54 bits per heavy atom. The number of carbonyl (C=O) groups excluding carboxylic acids is 1. The molecule has 2 aromatic carbocycles. The van der Waals surface area contributed by atoms with Crippen LogP contribution in [0.25, 0.3) is 11.3 Å². The number of amides is 1. The molecule has 1 N–H and O–H groups in total. The molecule has 3 rings (SSSR count). The number of aromatic nitrogens is 2. The van der Waals surface area contributed by atoms with Crippen molar-refractivity contribution in [1.29, 1.82) is 0 Å². The van der Waals surface area contributed by atoms with Gasteiger partial charge in [0.05, 0.1) is 16.8 Å². The summed E-state index contributed by atoms with van der Waals surface area (Å²) in [7, 11) is 0. The Hall–Kier alpha value is -3.29. The molecule has 26 heavy (non-hydrogen) atoms. The minimum Gasteiger partial charge on any atom is -0.322 e. The SMILES string of the molecule is O=C(Nc1cccc(C(F)(F)F)c1)c1cncnc1-c1ccccc1F. The van der Waals surface area contributed by atoms with Crippen LogP contribution in [0.3, 0.4) is 0 Å². The summed E-state index contributed by atoms with van der Waals surface area (Å²) >= 11 is 0. The van der Waals surface area contributed by atoms with Gasteiger partial charge in [-0.1, -0.05) is 18.2 Å². The lowest BCUT2D eigenvalue weighted by Gasteiger charge is -2.11. The lowest BCUT2D eigenvalue weighted by molar-refractivity contribution is -0.137.